The lowest BCUT2D eigenvalue weighted by Crippen LogP contribution is -2.11. The molecule has 1 heterocycles. The van der Waals surface area contributed by atoms with Crippen LogP contribution >= 0.6 is 0 Å². The van der Waals surface area contributed by atoms with E-state index in [9.17, 15) is 10.1 Å². The number of rotatable bonds is 1. The quantitative estimate of drug-likeness (QED) is 0.252. The number of nitro groups is 1. The van der Waals surface area contributed by atoms with Gasteiger partial charge < -0.3 is 0 Å². The van der Waals surface area contributed by atoms with Crippen molar-refractivity contribution in [2.45, 2.75) is 26.2 Å². The van der Waals surface area contributed by atoms with Gasteiger partial charge in [0.1, 0.15) is 0 Å². The Bertz CT molecular complexity index is 1120. The summed E-state index contributed by atoms with van der Waals surface area (Å²) in [5, 5.41) is 15.3. The summed E-state index contributed by atoms with van der Waals surface area (Å²) >= 11 is 0. The molecule has 0 radical (unpaired) electrons. The van der Waals surface area contributed by atoms with Gasteiger partial charge in [0.05, 0.1) is 10.3 Å². The standard InChI is InChI=1S/C19H17NO2.C4H4N2/c1-12-5-6-13-7-8-15-14-3-2-4-19(20(21)22)17(14)10-9-16(15)18(13)11-12;1-2-6-4-3-5-1/h2-4,7-10,12H,5-6,11H2,1H3;1-4H. The van der Waals surface area contributed by atoms with Crippen molar-refractivity contribution in [1.29, 1.82) is 0 Å². The highest BCUT2D eigenvalue weighted by molar-refractivity contribution is 6.11. The van der Waals surface area contributed by atoms with Crippen LogP contribution in [0.1, 0.15) is 24.5 Å². The van der Waals surface area contributed by atoms with E-state index in [4.69, 9.17) is 0 Å². The molecule has 0 N–H and O–H groups in total. The Hall–Kier alpha value is -3.34. The molecule has 5 heteroatoms. The Morgan fingerprint density at radius 1 is 0.893 bits per heavy atom. The molecule has 0 amide bonds. The van der Waals surface area contributed by atoms with E-state index in [1.807, 2.05) is 12.1 Å². The minimum Gasteiger partial charge on any atom is -0.262 e. The van der Waals surface area contributed by atoms with E-state index in [-0.39, 0.29) is 10.6 Å². The topological polar surface area (TPSA) is 68.9 Å². The first-order valence-corrected chi connectivity index (χ1v) is 9.45. The molecule has 5 rings (SSSR count). The van der Waals surface area contributed by atoms with Gasteiger partial charge in [-0.1, -0.05) is 37.3 Å². The normalized spacial score (nSPS) is 15.5. The Balaban J connectivity index is 0.000000275. The SMILES string of the molecule is CC1CCc2ccc3c(ccc4c([N+](=O)[O-])cccc43)c2C1.c1cnccn1. The zero-order valence-electron chi connectivity index (χ0n) is 15.7. The van der Waals surface area contributed by atoms with Crippen molar-refractivity contribution < 1.29 is 4.92 Å². The summed E-state index contributed by atoms with van der Waals surface area (Å²) in [4.78, 5) is 18.4. The summed E-state index contributed by atoms with van der Waals surface area (Å²) < 4.78 is 0. The second kappa shape index (κ2) is 7.72. The molecule has 4 aromatic rings. The van der Waals surface area contributed by atoms with Crippen LogP contribution in [-0.4, -0.2) is 14.9 Å². The largest absolute Gasteiger partial charge is 0.277 e. The highest BCUT2D eigenvalue weighted by Gasteiger charge is 2.19. The maximum atomic E-state index is 11.2. The molecule has 0 saturated heterocycles. The van der Waals surface area contributed by atoms with Crippen molar-refractivity contribution >= 4 is 27.2 Å². The Kier molecular flexibility index (Phi) is 4.98. The van der Waals surface area contributed by atoms with Crippen molar-refractivity contribution in [3.8, 4) is 0 Å². The van der Waals surface area contributed by atoms with Gasteiger partial charge in [-0.25, -0.2) is 0 Å². The molecule has 0 aliphatic heterocycles. The number of hydrogen-bond donors (Lipinski definition) is 0. The number of non-ortho nitro benzene ring substituents is 1. The lowest BCUT2D eigenvalue weighted by molar-refractivity contribution is -0.383. The van der Waals surface area contributed by atoms with Gasteiger partial charge in [-0.2, -0.15) is 0 Å². The molecule has 1 aliphatic rings. The fraction of sp³-hybridized carbons (Fsp3) is 0.217. The van der Waals surface area contributed by atoms with Crippen LogP contribution in [0, 0.1) is 16.0 Å². The molecule has 0 spiro atoms. The predicted molar refractivity (Wildman–Crippen MR) is 111 cm³/mol. The van der Waals surface area contributed by atoms with E-state index in [0.29, 0.717) is 5.92 Å². The molecule has 140 valence electrons. The molecular formula is C23H21N3O2. The van der Waals surface area contributed by atoms with Gasteiger partial charge in [-0.15, -0.1) is 0 Å². The molecule has 1 unspecified atom stereocenters. The summed E-state index contributed by atoms with van der Waals surface area (Å²) in [6.07, 6.45) is 10.0. The summed E-state index contributed by atoms with van der Waals surface area (Å²) in [6, 6.07) is 13.7. The third-order valence-electron chi connectivity index (χ3n) is 5.38. The van der Waals surface area contributed by atoms with E-state index < -0.39 is 0 Å². The van der Waals surface area contributed by atoms with Gasteiger partial charge in [0.25, 0.3) is 5.69 Å². The van der Waals surface area contributed by atoms with E-state index >= 15 is 0 Å². The van der Waals surface area contributed by atoms with E-state index in [1.54, 1.807) is 36.9 Å². The smallest absolute Gasteiger partial charge is 0.262 e. The van der Waals surface area contributed by atoms with Gasteiger partial charge in [-0.3, -0.25) is 20.1 Å². The first kappa shape index (κ1) is 18.0. The molecule has 1 aromatic heterocycles. The third kappa shape index (κ3) is 3.43. The molecule has 0 saturated carbocycles. The van der Waals surface area contributed by atoms with Crippen LogP contribution in [0.2, 0.25) is 0 Å². The molecule has 28 heavy (non-hydrogen) atoms. The van der Waals surface area contributed by atoms with Crippen LogP contribution in [-0.2, 0) is 12.8 Å². The van der Waals surface area contributed by atoms with Crippen LogP contribution < -0.4 is 0 Å². The number of nitrogens with zero attached hydrogens (tertiary/aromatic N) is 3. The highest BCUT2D eigenvalue weighted by atomic mass is 16.6. The molecule has 0 bridgehead atoms. The average molecular weight is 371 g/mol. The number of benzene rings is 3. The maximum Gasteiger partial charge on any atom is 0.277 e. The summed E-state index contributed by atoms with van der Waals surface area (Å²) in [5.74, 6) is 0.707. The Morgan fingerprint density at radius 3 is 2.21 bits per heavy atom. The van der Waals surface area contributed by atoms with Crippen molar-refractivity contribution in [3.63, 3.8) is 0 Å². The number of nitro benzene ring substituents is 1. The van der Waals surface area contributed by atoms with Crippen LogP contribution in [0.15, 0.2) is 67.3 Å². The summed E-state index contributed by atoms with van der Waals surface area (Å²) in [5.41, 5.74) is 3.06. The molecular weight excluding hydrogens is 350 g/mol. The number of fused-ring (bicyclic) bond motifs is 5. The fourth-order valence-electron chi connectivity index (χ4n) is 4.01. The minimum absolute atomic E-state index is 0.186. The fourth-order valence-corrected chi connectivity index (χ4v) is 4.01. The molecule has 0 fully saturated rings. The van der Waals surface area contributed by atoms with Gasteiger partial charge in [-0.05, 0) is 58.5 Å². The van der Waals surface area contributed by atoms with Crippen molar-refractivity contribution in [3.05, 3.63) is 88.5 Å². The maximum absolute atomic E-state index is 11.2. The van der Waals surface area contributed by atoms with Crippen LogP contribution in [0.4, 0.5) is 5.69 Å². The second-order valence-electron chi connectivity index (χ2n) is 7.24. The van der Waals surface area contributed by atoms with Crippen LogP contribution in [0.5, 0.6) is 0 Å². The first-order valence-electron chi connectivity index (χ1n) is 9.45. The van der Waals surface area contributed by atoms with E-state index in [0.717, 1.165) is 29.0 Å². The third-order valence-corrected chi connectivity index (χ3v) is 5.38. The first-order chi connectivity index (χ1) is 13.6. The van der Waals surface area contributed by atoms with Crippen molar-refractivity contribution in [1.82, 2.24) is 9.97 Å². The molecule has 3 aromatic carbocycles. The van der Waals surface area contributed by atoms with Gasteiger partial charge in [0, 0.05) is 30.9 Å². The Labute approximate surface area is 163 Å². The second-order valence-corrected chi connectivity index (χ2v) is 7.24. The van der Waals surface area contributed by atoms with E-state index in [1.165, 1.54) is 22.9 Å². The zero-order valence-corrected chi connectivity index (χ0v) is 15.7. The predicted octanol–water partition coefficient (Wildman–Crippen LogP) is 5.50. The van der Waals surface area contributed by atoms with Crippen LogP contribution in [0.3, 0.4) is 0 Å². The number of hydrogen-bond acceptors (Lipinski definition) is 4. The zero-order chi connectivity index (χ0) is 19.5. The summed E-state index contributed by atoms with van der Waals surface area (Å²) in [7, 11) is 0. The van der Waals surface area contributed by atoms with Gasteiger partial charge >= 0.3 is 0 Å². The molecule has 5 nitrogen and oxygen atoms in total. The number of aromatic nitrogens is 2. The molecule has 1 aliphatic carbocycles. The number of aryl methyl sites for hydroxylation is 1. The monoisotopic (exact) mass is 371 g/mol. The average Bonchev–Trinajstić information content (AvgIpc) is 2.74. The van der Waals surface area contributed by atoms with Crippen molar-refractivity contribution in [2.75, 3.05) is 0 Å². The lowest BCUT2D eigenvalue weighted by atomic mass is 9.81. The minimum atomic E-state index is -0.297. The summed E-state index contributed by atoms with van der Waals surface area (Å²) in [6.45, 7) is 2.30. The molecule has 1 atom stereocenters. The van der Waals surface area contributed by atoms with Crippen molar-refractivity contribution in [2.24, 2.45) is 5.92 Å². The van der Waals surface area contributed by atoms with Crippen LogP contribution in [0.25, 0.3) is 21.5 Å². The lowest BCUT2D eigenvalue weighted by Gasteiger charge is -2.23. The highest BCUT2D eigenvalue weighted by Crippen LogP contribution is 2.37. The van der Waals surface area contributed by atoms with E-state index in [2.05, 4.69) is 35.1 Å². The van der Waals surface area contributed by atoms with Gasteiger partial charge in [0.2, 0.25) is 0 Å². The van der Waals surface area contributed by atoms with Gasteiger partial charge in [0.15, 0.2) is 0 Å². The Morgan fingerprint density at radius 2 is 1.54 bits per heavy atom.